The fourth-order valence-electron chi connectivity index (χ4n) is 2.31. The van der Waals surface area contributed by atoms with E-state index in [1.54, 1.807) is 6.07 Å². The molecule has 0 spiro atoms. The second-order valence-electron chi connectivity index (χ2n) is 6.10. The first kappa shape index (κ1) is 15.3. The van der Waals surface area contributed by atoms with Gasteiger partial charge in [0.05, 0.1) is 0 Å². The van der Waals surface area contributed by atoms with Crippen LogP contribution in [0.15, 0.2) is 22.7 Å². The van der Waals surface area contributed by atoms with Crippen LogP contribution in [0, 0.1) is 5.82 Å². The largest absolute Gasteiger partial charge is 0.444 e. The molecule has 1 aromatic rings. The van der Waals surface area contributed by atoms with E-state index in [2.05, 4.69) is 21.2 Å². The summed E-state index contributed by atoms with van der Waals surface area (Å²) < 4.78 is 19.9. The van der Waals surface area contributed by atoms with Crippen LogP contribution in [0.4, 0.5) is 9.18 Å². The average Bonchev–Trinajstić information content (AvgIpc) is 2.26. The summed E-state index contributed by atoms with van der Waals surface area (Å²) in [6.45, 7) is 5.46. The van der Waals surface area contributed by atoms with Crippen molar-refractivity contribution in [1.29, 1.82) is 0 Å². The Kier molecular flexibility index (Phi) is 4.37. The highest BCUT2D eigenvalue weighted by atomic mass is 79.9. The number of amides is 1. The van der Waals surface area contributed by atoms with Crippen molar-refractivity contribution in [1.82, 2.24) is 5.32 Å². The van der Waals surface area contributed by atoms with E-state index in [4.69, 9.17) is 4.74 Å². The Hall–Kier alpha value is -1.10. The van der Waals surface area contributed by atoms with Gasteiger partial charge < -0.3 is 10.1 Å². The second kappa shape index (κ2) is 5.72. The molecular weight excluding hydrogens is 325 g/mol. The first-order chi connectivity index (χ1) is 9.26. The molecule has 0 aliphatic heterocycles. The number of benzene rings is 1. The Morgan fingerprint density at radius 2 is 2.10 bits per heavy atom. The molecule has 1 aromatic carbocycles. The van der Waals surface area contributed by atoms with Gasteiger partial charge in [-0.1, -0.05) is 22.0 Å². The summed E-state index contributed by atoms with van der Waals surface area (Å²) in [6, 6.07) is 4.99. The molecule has 0 saturated heterocycles. The van der Waals surface area contributed by atoms with Gasteiger partial charge in [0, 0.05) is 16.4 Å². The molecule has 0 bridgehead atoms. The molecule has 110 valence electrons. The summed E-state index contributed by atoms with van der Waals surface area (Å²) in [4.78, 5) is 11.7. The van der Waals surface area contributed by atoms with Gasteiger partial charge in [0.15, 0.2) is 0 Å². The molecule has 5 heteroatoms. The minimum Gasteiger partial charge on any atom is -0.444 e. The second-order valence-corrected chi connectivity index (χ2v) is 7.02. The van der Waals surface area contributed by atoms with E-state index >= 15 is 0 Å². The third-order valence-electron chi connectivity index (χ3n) is 3.34. The van der Waals surface area contributed by atoms with Crippen molar-refractivity contribution in [3.05, 3.63) is 34.1 Å². The highest BCUT2D eigenvalue weighted by Gasteiger charge is 2.35. The normalized spacial score (nSPS) is 22.1. The average molecular weight is 344 g/mol. The van der Waals surface area contributed by atoms with Crippen molar-refractivity contribution < 1.29 is 13.9 Å². The molecule has 1 aliphatic rings. The van der Waals surface area contributed by atoms with Crippen molar-refractivity contribution in [2.75, 3.05) is 0 Å². The van der Waals surface area contributed by atoms with E-state index in [0.717, 1.165) is 17.3 Å². The van der Waals surface area contributed by atoms with Crippen LogP contribution >= 0.6 is 15.9 Å². The Bertz CT molecular complexity index is 513. The lowest BCUT2D eigenvalue weighted by atomic mass is 9.75. The molecule has 3 nitrogen and oxygen atoms in total. The number of alkyl carbamates (subject to hydrolysis) is 1. The minimum absolute atomic E-state index is 0.0237. The molecule has 0 radical (unpaired) electrons. The summed E-state index contributed by atoms with van der Waals surface area (Å²) in [5.41, 5.74) is 0.132. The lowest BCUT2D eigenvalue weighted by molar-refractivity contribution is 0.0465. The van der Waals surface area contributed by atoms with Crippen LogP contribution in [0.25, 0.3) is 0 Å². The number of carbonyl (C=O) groups excluding carboxylic acids is 1. The lowest BCUT2D eigenvalue weighted by Crippen LogP contribution is -2.47. The topological polar surface area (TPSA) is 38.3 Å². The number of hydrogen-bond acceptors (Lipinski definition) is 2. The maximum atomic E-state index is 13.9. The van der Waals surface area contributed by atoms with Crippen molar-refractivity contribution in [2.45, 2.75) is 51.2 Å². The number of halogens is 2. The summed E-state index contributed by atoms with van der Waals surface area (Å²) in [7, 11) is 0. The van der Waals surface area contributed by atoms with Crippen LogP contribution in [0.5, 0.6) is 0 Å². The third kappa shape index (κ3) is 3.72. The maximum Gasteiger partial charge on any atom is 0.407 e. The molecule has 1 amide bonds. The summed E-state index contributed by atoms with van der Waals surface area (Å²) >= 11 is 3.24. The minimum atomic E-state index is -0.522. The molecule has 2 rings (SSSR count). The Morgan fingerprint density at radius 1 is 1.40 bits per heavy atom. The first-order valence-corrected chi connectivity index (χ1v) is 7.50. The monoisotopic (exact) mass is 343 g/mol. The fourth-order valence-corrected chi connectivity index (χ4v) is 2.64. The fraction of sp³-hybridized carbons (Fsp3) is 0.533. The molecule has 1 N–H and O–H groups in total. The van der Waals surface area contributed by atoms with Crippen LogP contribution in [-0.2, 0) is 4.74 Å². The Labute approximate surface area is 127 Å². The molecule has 0 unspecified atom stereocenters. The van der Waals surface area contributed by atoms with Crippen LogP contribution in [0.3, 0.4) is 0 Å². The van der Waals surface area contributed by atoms with Crippen molar-refractivity contribution in [3.8, 4) is 0 Å². The number of hydrogen-bond donors (Lipinski definition) is 1. The molecule has 0 aromatic heterocycles. The zero-order valence-electron chi connectivity index (χ0n) is 11.9. The van der Waals surface area contributed by atoms with Crippen molar-refractivity contribution in [2.24, 2.45) is 0 Å². The Balaban J connectivity index is 2.00. The van der Waals surface area contributed by atoms with E-state index in [-0.39, 0.29) is 17.8 Å². The highest BCUT2D eigenvalue weighted by molar-refractivity contribution is 9.10. The van der Waals surface area contributed by atoms with Crippen molar-refractivity contribution >= 4 is 22.0 Å². The van der Waals surface area contributed by atoms with Crippen molar-refractivity contribution in [3.63, 3.8) is 0 Å². The number of carbonyl (C=O) groups is 1. The van der Waals surface area contributed by atoms with Crippen LogP contribution < -0.4 is 5.32 Å². The van der Waals surface area contributed by atoms with Gasteiger partial charge in [0.25, 0.3) is 0 Å². The summed E-state index contributed by atoms with van der Waals surface area (Å²) in [5, 5.41) is 2.82. The first-order valence-electron chi connectivity index (χ1n) is 6.71. The van der Waals surface area contributed by atoms with Gasteiger partial charge >= 0.3 is 6.09 Å². The molecule has 1 fully saturated rings. The molecule has 1 aliphatic carbocycles. The van der Waals surface area contributed by atoms with Gasteiger partial charge in [0.2, 0.25) is 0 Å². The van der Waals surface area contributed by atoms with E-state index in [1.165, 1.54) is 6.07 Å². The van der Waals surface area contributed by atoms with Crippen LogP contribution in [0.2, 0.25) is 0 Å². The number of ether oxygens (including phenoxy) is 1. The smallest absolute Gasteiger partial charge is 0.407 e. The maximum absolute atomic E-state index is 13.9. The molecule has 1 saturated carbocycles. The third-order valence-corrected chi connectivity index (χ3v) is 3.83. The van der Waals surface area contributed by atoms with Gasteiger partial charge in [-0.05, 0) is 51.3 Å². The number of nitrogens with one attached hydrogen (secondary N) is 1. The lowest BCUT2D eigenvalue weighted by Gasteiger charge is -2.38. The number of rotatable bonds is 2. The molecule has 20 heavy (non-hydrogen) atoms. The van der Waals surface area contributed by atoms with Gasteiger partial charge in [0.1, 0.15) is 11.4 Å². The quantitative estimate of drug-likeness (QED) is 0.866. The molecule has 0 heterocycles. The van der Waals surface area contributed by atoms with Gasteiger partial charge in [-0.2, -0.15) is 0 Å². The van der Waals surface area contributed by atoms with Gasteiger partial charge in [-0.25, -0.2) is 9.18 Å². The SMILES string of the molecule is CC(C)(C)OC(=O)N[C@@H]1CC[C@@H]1c1ccc(Br)cc1F. The van der Waals surface area contributed by atoms with Crippen LogP contribution in [0.1, 0.15) is 45.1 Å². The predicted molar refractivity (Wildman–Crippen MR) is 79.2 cm³/mol. The van der Waals surface area contributed by atoms with E-state index in [0.29, 0.717) is 5.56 Å². The molecule has 2 atom stereocenters. The Morgan fingerprint density at radius 3 is 2.60 bits per heavy atom. The summed E-state index contributed by atoms with van der Waals surface area (Å²) in [5.74, 6) is -0.212. The van der Waals surface area contributed by atoms with Gasteiger partial charge in [-0.3, -0.25) is 0 Å². The van der Waals surface area contributed by atoms with E-state index < -0.39 is 11.7 Å². The highest BCUT2D eigenvalue weighted by Crippen LogP contribution is 2.38. The summed E-state index contributed by atoms with van der Waals surface area (Å²) in [6.07, 6.45) is 1.28. The van der Waals surface area contributed by atoms with E-state index in [9.17, 15) is 9.18 Å². The zero-order chi connectivity index (χ0) is 14.9. The van der Waals surface area contributed by atoms with E-state index in [1.807, 2.05) is 26.8 Å². The predicted octanol–water partition coefficient (Wildman–Crippen LogP) is 4.36. The van der Waals surface area contributed by atoms with Gasteiger partial charge in [-0.15, -0.1) is 0 Å². The molecular formula is C15H19BrFNO2. The standard InChI is InChI=1S/C15H19BrFNO2/c1-15(2,3)20-14(19)18-13-7-6-11(13)10-5-4-9(16)8-12(10)17/h4-5,8,11,13H,6-7H2,1-3H3,(H,18,19)/t11-,13-/m1/s1. The zero-order valence-corrected chi connectivity index (χ0v) is 13.5. The van der Waals surface area contributed by atoms with Crippen LogP contribution in [-0.4, -0.2) is 17.7 Å².